The molecule has 1 aromatic heterocycles. The second kappa shape index (κ2) is 8.33. The quantitative estimate of drug-likeness (QED) is 0.430. The third-order valence-electron chi connectivity index (χ3n) is 3.90. The van der Waals surface area contributed by atoms with Gasteiger partial charge in [0.15, 0.2) is 0 Å². The molecule has 1 aliphatic rings. The van der Waals surface area contributed by atoms with Gasteiger partial charge in [-0.2, -0.15) is 11.8 Å². The lowest BCUT2D eigenvalue weighted by Crippen LogP contribution is -2.29. The number of nitrogens with zero attached hydrogens (tertiary/aromatic N) is 1. The molecule has 7 heteroatoms. The number of nitrogens with one attached hydrogen (secondary N) is 1. The van der Waals surface area contributed by atoms with Gasteiger partial charge in [-0.05, 0) is 29.6 Å². The number of carbonyl (C=O) groups excluding carboxylic acids is 3. The van der Waals surface area contributed by atoms with Crippen LogP contribution in [0.2, 0.25) is 0 Å². The molecular weight excluding hydrogens is 368 g/mol. The van der Waals surface area contributed by atoms with Crippen LogP contribution >= 0.6 is 23.1 Å². The minimum Gasteiger partial charge on any atom is -0.351 e. The van der Waals surface area contributed by atoms with Crippen molar-refractivity contribution >= 4 is 40.8 Å². The van der Waals surface area contributed by atoms with E-state index in [1.54, 1.807) is 35.2 Å². The molecule has 1 N–H and O–H groups in total. The number of carbonyl (C=O) groups is 3. The van der Waals surface area contributed by atoms with Crippen LogP contribution in [0.3, 0.4) is 0 Å². The largest absolute Gasteiger partial charge is 0.351 e. The first kappa shape index (κ1) is 18.4. The number of hydrogen-bond donors (Lipinski definition) is 1. The summed E-state index contributed by atoms with van der Waals surface area (Å²) in [5.74, 6) is 0.765. The van der Waals surface area contributed by atoms with Gasteiger partial charge < -0.3 is 5.32 Å². The van der Waals surface area contributed by atoms with Crippen molar-refractivity contribution in [3.8, 4) is 0 Å². The summed E-state index contributed by atoms with van der Waals surface area (Å²) < 4.78 is 0. The smallest absolute Gasteiger partial charge is 0.261 e. The first-order valence-electron chi connectivity index (χ1n) is 8.11. The van der Waals surface area contributed by atoms with E-state index < -0.39 is 0 Å². The topological polar surface area (TPSA) is 66.5 Å². The lowest BCUT2D eigenvalue weighted by molar-refractivity contribution is 0.0672. The standard InChI is InChI=1S/C19H18N2O3S2/c1-2-8-21-18(23)15-6-5-13(11-16(15)19(21)24)17(22)20-7-10-25-12-14-4-3-9-26-14/h2-6,9,11H,1,7-8,10,12H2,(H,20,22). The summed E-state index contributed by atoms with van der Waals surface area (Å²) in [6, 6.07) is 8.73. The maximum atomic E-state index is 12.3. The summed E-state index contributed by atoms with van der Waals surface area (Å²) in [6.45, 7) is 4.26. The third kappa shape index (κ3) is 3.89. The fourth-order valence-corrected chi connectivity index (χ4v) is 4.33. The predicted octanol–water partition coefficient (Wildman–Crippen LogP) is 3.19. The number of hydrogen-bond acceptors (Lipinski definition) is 5. The van der Waals surface area contributed by atoms with Gasteiger partial charge in [0.1, 0.15) is 0 Å². The summed E-state index contributed by atoms with van der Waals surface area (Å²) in [7, 11) is 0. The molecule has 0 bridgehead atoms. The molecule has 0 saturated carbocycles. The predicted molar refractivity (Wildman–Crippen MR) is 105 cm³/mol. The highest BCUT2D eigenvalue weighted by Crippen LogP contribution is 2.24. The zero-order chi connectivity index (χ0) is 18.5. The second-order valence-corrected chi connectivity index (χ2v) is 7.80. The van der Waals surface area contributed by atoms with Crippen LogP contribution in [-0.4, -0.2) is 41.5 Å². The second-order valence-electron chi connectivity index (χ2n) is 5.66. The molecule has 0 aliphatic carbocycles. The summed E-state index contributed by atoms with van der Waals surface area (Å²) in [5.41, 5.74) is 0.991. The lowest BCUT2D eigenvalue weighted by Gasteiger charge is -2.09. The lowest BCUT2D eigenvalue weighted by atomic mass is 10.1. The number of fused-ring (bicyclic) bond motifs is 1. The Kier molecular flexibility index (Phi) is 5.90. The average Bonchev–Trinajstić information content (AvgIpc) is 3.24. The molecular formula is C19H18N2O3S2. The summed E-state index contributed by atoms with van der Waals surface area (Å²) in [6.07, 6.45) is 1.50. The van der Waals surface area contributed by atoms with Gasteiger partial charge in [0, 0.05) is 35.0 Å². The van der Waals surface area contributed by atoms with Gasteiger partial charge in [-0.15, -0.1) is 17.9 Å². The van der Waals surface area contributed by atoms with Crippen LogP contribution in [0, 0.1) is 0 Å². The molecule has 134 valence electrons. The van der Waals surface area contributed by atoms with Crippen LogP contribution in [0.25, 0.3) is 0 Å². The average molecular weight is 386 g/mol. The maximum Gasteiger partial charge on any atom is 0.261 e. The van der Waals surface area contributed by atoms with Crippen molar-refractivity contribution in [3.63, 3.8) is 0 Å². The molecule has 0 spiro atoms. The molecule has 0 unspecified atom stereocenters. The van der Waals surface area contributed by atoms with Crippen molar-refractivity contribution < 1.29 is 14.4 Å². The Balaban J connectivity index is 1.55. The molecule has 2 aromatic rings. The molecule has 0 fully saturated rings. The molecule has 0 radical (unpaired) electrons. The van der Waals surface area contributed by atoms with Gasteiger partial charge in [0.2, 0.25) is 0 Å². The molecule has 3 amide bonds. The van der Waals surface area contributed by atoms with Crippen LogP contribution in [0.15, 0.2) is 48.4 Å². The number of benzene rings is 1. The highest BCUT2D eigenvalue weighted by molar-refractivity contribution is 7.98. The Morgan fingerprint density at radius 2 is 2.04 bits per heavy atom. The van der Waals surface area contributed by atoms with Gasteiger partial charge in [0.25, 0.3) is 17.7 Å². The zero-order valence-corrected chi connectivity index (χ0v) is 15.7. The molecule has 5 nitrogen and oxygen atoms in total. The molecule has 1 aliphatic heterocycles. The number of imide groups is 1. The van der Waals surface area contributed by atoms with Gasteiger partial charge >= 0.3 is 0 Å². The van der Waals surface area contributed by atoms with Gasteiger partial charge in [-0.25, -0.2) is 0 Å². The molecule has 26 heavy (non-hydrogen) atoms. The van der Waals surface area contributed by atoms with E-state index in [1.807, 2.05) is 11.4 Å². The Bertz CT molecular complexity index is 846. The Morgan fingerprint density at radius 3 is 2.77 bits per heavy atom. The van der Waals surface area contributed by atoms with Crippen molar-refractivity contribution in [1.29, 1.82) is 0 Å². The fraction of sp³-hybridized carbons (Fsp3) is 0.211. The maximum absolute atomic E-state index is 12.3. The molecule has 1 aromatic carbocycles. The van der Waals surface area contributed by atoms with Crippen LogP contribution in [0.4, 0.5) is 0 Å². The first-order chi connectivity index (χ1) is 12.6. The van der Waals surface area contributed by atoms with Crippen LogP contribution in [-0.2, 0) is 5.75 Å². The first-order valence-corrected chi connectivity index (χ1v) is 10.1. The number of rotatable bonds is 8. The normalized spacial score (nSPS) is 13.0. The van der Waals surface area contributed by atoms with Crippen LogP contribution in [0.1, 0.15) is 36.0 Å². The van der Waals surface area contributed by atoms with Crippen LogP contribution < -0.4 is 5.32 Å². The van der Waals surface area contributed by atoms with Crippen molar-refractivity contribution in [3.05, 3.63) is 69.9 Å². The van der Waals surface area contributed by atoms with E-state index in [1.165, 1.54) is 17.0 Å². The Morgan fingerprint density at radius 1 is 1.23 bits per heavy atom. The molecule has 0 atom stereocenters. The van der Waals surface area contributed by atoms with E-state index >= 15 is 0 Å². The molecule has 0 saturated heterocycles. The number of thiophene rings is 1. The van der Waals surface area contributed by atoms with E-state index in [9.17, 15) is 14.4 Å². The third-order valence-corrected chi connectivity index (χ3v) is 5.97. The Hall–Kier alpha value is -2.38. The minimum atomic E-state index is -0.383. The fourth-order valence-electron chi connectivity index (χ4n) is 2.63. The minimum absolute atomic E-state index is 0.162. The van der Waals surface area contributed by atoms with Crippen molar-refractivity contribution in [2.24, 2.45) is 0 Å². The number of amides is 3. The zero-order valence-electron chi connectivity index (χ0n) is 14.1. The van der Waals surface area contributed by atoms with Gasteiger partial charge in [-0.3, -0.25) is 19.3 Å². The SMILES string of the molecule is C=CCN1C(=O)c2ccc(C(=O)NCCSCc3cccs3)cc2C1=O. The summed E-state index contributed by atoms with van der Waals surface area (Å²) in [4.78, 5) is 39.2. The monoisotopic (exact) mass is 386 g/mol. The molecule has 2 heterocycles. The van der Waals surface area contributed by atoms with Gasteiger partial charge in [-0.1, -0.05) is 12.1 Å². The highest BCUT2D eigenvalue weighted by Gasteiger charge is 2.35. The van der Waals surface area contributed by atoms with E-state index in [0.29, 0.717) is 17.7 Å². The van der Waals surface area contributed by atoms with Crippen molar-refractivity contribution in [2.45, 2.75) is 5.75 Å². The molecule has 3 rings (SSSR count). The van der Waals surface area contributed by atoms with Crippen LogP contribution in [0.5, 0.6) is 0 Å². The van der Waals surface area contributed by atoms with E-state index in [2.05, 4.69) is 18.0 Å². The van der Waals surface area contributed by atoms with Gasteiger partial charge in [0.05, 0.1) is 11.1 Å². The Labute approximate surface area is 160 Å². The van der Waals surface area contributed by atoms with Crippen molar-refractivity contribution in [2.75, 3.05) is 18.8 Å². The van der Waals surface area contributed by atoms with Crippen molar-refractivity contribution in [1.82, 2.24) is 10.2 Å². The van der Waals surface area contributed by atoms with E-state index in [0.717, 1.165) is 16.4 Å². The highest BCUT2D eigenvalue weighted by atomic mass is 32.2. The summed E-state index contributed by atoms with van der Waals surface area (Å²) >= 11 is 3.48. The summed E-state index contributed by atoms with van der Waals surface area (Å²) in [5, 5.41) is 4.90. The van der Waals surface area contributed by atoms with E-state index in [4.69, 9.17) is 0 Å². The number of thioether (sulfide) groups is 1. The van der Waals surface area contributed by atoms with E-state index in [-0.39, 0.29) is 29.8 Å².